The van der Waals surface area contributed by atoms with Crippen LogP contribution in [0.1, 0.15) is 13.8 Å². The quantitative estimate of drug-likeness (QED) is 0.418. The van der Waals surface area contributed by atoms with Crippen LogP contribution < -0.4 is 4.74 Å². The van der Waals surface area contributed by atoms with E-state index >= 15 is 0 Å². The largest absolute Gasteiger partial charge is 0.487 e. The molecule has 0 bridgehead atoms. The van der Waals surface area contributed by atoms with E-state index in [1.165, 1.54) is 18.2 Å². The molecule has 0 atom stereocenters. The number of nitro groups is 1. The molecule has 0 aliphatic rings. The lowest BCUT2D eigenvalue weighted by Crippen LogP contribution is -2.25. The maximum Gasteiger partial charge on any atom is 0.271 e. The van der Waals surface area contributed by atoms with Crippen LogP contribution in [0.15, 0.2) is 18.2 Å². The van der Waals surface area contributed by atoms with E-state index in [4.69, 9.17) is 25.8 Å². The van der Waals surface area contributed by atoms with E-state index in [0.717, 1.165) is 0 Å². The smallest absolute Gasteiger partial charge is 0.271 e. The fourth-order valence-corrected chi connectivity index (χ4v) is 1.62. The van der Waals surface area contributed by atoms with Crippen molar-refractivity contribution in [3.63, 3.8) is 0 Å². The molecule has 1 aromatic rings. The van der Waals surface area contributed by atoms with Crippen LogP contribution in [0.2, 0.25) is 5.02 Å². The molecule has 0 saturated heterocycles. The van der Waals surface area contributed by atoms with Crippen LogP contribution in [-0.4, -0.2) is 31.0 Å². The molecule has 1 rings (SSSR count). The SMILES string of the molecule is CCOC(COc1ccc([N+](=O)[O-])cc1Cl)OCC. The first-order valence-corrected chi connectivity index (χ1v) is 6.26. The molecule has 0 aliphatic carbocycles. The van der Waals surface area contributed by atoms with Crippen molar-refractivity contribution in [2.45, 2.75) is 20.1 Å². The van der Waals surface area contributed by atoms with E-state index in [1.807, 2.05) is 13.8 Å². The average Bonchev–Trinajstić information content (AvgIpc) is 2.37. The number of hydrogen-bond donors (Lipinski definition) is 0. The van der Waals surface area contributed by atoms with Crippen molar-refractivity contribution in [1.29, 1.82) is 0 Å². The molecule has 0 saturated carbocycles. The van der Waals surface area contributed by atoms with Gasteiger partial charge in [0.25, 0.3) is 5.69 Å². The van der Waals surface area contributed by atoms with Crippen molar-refractivity contribution in [2.75, 3.05) is 19.8 Å². The van der Waals surface area contributed by atoms with Gasteiger partial charge in [-0.25, -0.2) is 0 Å². The minimum absolute atomic E-state index is 0.0801. The predicted molar refractivity (Wildman–Crippen MR) is 70.6 cm³/mol. The minimum Gasteiger partial charge on any atom is -0.487 e. The highest BCUT2D eigenvalue weighted by Gasteiger charge is 2.13. The third-order valence-corrected chi connectivity index (χ3v) is 2.50. The second kappa shape index (κ2) is 7.93. The zero-order valence-corrected chi connectivity index (χ0v) is 11.6. The molecule has 0 radical (unpaired) electrons. The lowest BCUT2D eigenvalue weighted by molar-refractivity contribution is -0.384. The van der Waals surface area contributed by atoms with Crippen molar-refractivity contribution >= 4 is 17.3 Å². The van der Waals surface area contributed by atoms with Crippen LogP contribution >= 0.6 is 11.6 Å². The number of halogens is 1. The van der Waals surface area contributed by atoms with Gasteiger partial charge in [0.1, 0.15) is 12.4 Å². The highest BCUT2D eigenvalue weighted by Crippen LogP contribution is 2.28. The Balaban J connectivity index is 2.63. The van der Waals surface area contributed by atoms with Crippen molar-refractivity contribution < 1.29 is 19.1 Å². The molecule has 0 heterocycles. The molecule has 0 spiro atoms. The maximum atomic E-state index is 10.6. The van der Waals surface area contributed by atoms with E-state index in [-0.39, 0.29) is 17.3 Å². The van der Waals surface area contributed by atoms with Gasteiger partial charge >= 0.3 is 0 Å². The fraction of sp³-hybridized carbons (Fsp3) is 0.500. The topological polar surface area (TPSA) is 70.8 Å². The van der Waals surface area contributed by atoms with Crippen molar-refractivity contribution in [2.24, 2.45) is 0 Å². The first-order valence-electron chi connectivity index (χ1n) is 5.88. The maximum absolute atomic E-state index is 10.6. The first-order chi connectivity index (χ1) is 9.08. The number of nitro benzene ring substituents is 1. The van der Waals surface area contributed by atoms with Crippen LogP contribution in [0, 0.1) is 10.1 Å². The van der Waals surface area contributed by atoms with Gasteiger partial charge in [0, 0.05) is 25.3 Å². The summed E-state index contributed by atoms with van der Waals surface area (Å²) in [6.45, 7) is 4.87. The summed E-state index contributed by atoms with van der Waals surface area (Å²) in [6.07, 6.45) is -0.485. The summed E-state index contributed by atoms with van der Waals surface area (Å²) in [4.78, 5) is 10.1. The Labute approximate surface area is 116 Å². The first kappa shape index (κ1) is 15.7. The van der Waals surface area contributed by atoms with Crippen LogP contribution in [-0.2, 0) is 9.47 Å². The molecule has 0 unspecified atom stereocenters. The van der Waals surface area contributed by atoms with Crippen LogP contribution in [0.4, 0.5) is 5.69 Å². The summed E-state index contributed by atoms with van der Waals surface area (Å²) in [5.74, 6) is 0.358. The summed E-state index contributed by atoms with van der Waals surface area (Å²) in [6, 6.07) is 4.03. The molecule has 106 valence electrons. The summed E-state index contributed by atoms with van der Waals surface area (Å²) < 4.78 is 16.0. The Morgan fingerprint density at radius 2 is 1.95 bits per heavy atom. The Kier molecular flexibility index (Phi) is 6.55. The van der Waals surface area contributed by atoms with Crippen LogP contribution in [0.3, 0.4) is 0 Å². The van der Waals surface area contributed by atoms with Gasteiger partial charge in [-0.05, 0) is 19.9 Å². The fourth-order valence-electron chi connectivity index (χ4n) is 1.39. The van der Waals surface area contributed by atoms with Gasteiger partial charge in [0.15, 0.2) is 6.29 Å². The predicted octanol–water partition coefficient (Wildman–Crippen LogP) is 3.03. The molecule has 0 amide bonds. The molecule has 7 heteroatoms. The van der Waals surface area contributed by atoms with Gasteiger partial charge in [-0.2, -0.15) is 0 Å². The lowest BCUT2D eigenvalue weighted by atomic mass is 10.3. The van der Waals surface area contributed by atoms with E-state index in [0.29, 0.717) is 19.0 Å². The highest BCUT2D eigenvalue weighted by molar-refractivity contribution is 6.32. The Morgan fingerprint density at radius 1 is 1.32 bits per heavy atom. The van der Waals surface area contributed by atoms with Gasteiger partial charge in [0.2, 0.25) is 0 Å². The Hall–Kier alpha value is -1.37. The van der Waals surface area contributed by atoms with Crippen molar-refractivity contribution in [1.82, 2.24) is 0 Å². The summed E-state index contributed by atoms with van der Waals surface area (Å²) in [5, 5.41) is 10.7. The van der Waals surface area contributed by atoms with Gasteiger partial charge < -0.3 is 14.2 Å². The number of rotatable bonds is 8. The van der Waals surface area contributed by atoms with Gasteiger partial charge in [-0.1, -0.05) is 11.6 Å². The van der Waals surface area contributed by atoms with E-state index < -0.39 is 11.2 Å². The molecule has 0 aliphatic heterocycles. The summed E-state index contributed by atoms with van der Waals surface area (Å²) in [7, 11) is 0. The average molecular weight is 290 g/mol. The molecule has 19 heavy (non-hydrogen) atoms. The third kappa shape index (κ3) is 5.02. The zero-order chi connectivity index (χ0) is 14.3. The van der Waals surface area contributed by atoms with E-state index in [2.05, 4.69) is 0 Å². The van der Waals surface area contributed by atoms with E-state index in [9.17, 15) is 10.1 Å². The number of ether oxygens (including phenoxy) is 3. The number of non-ortho nitro benzene ring substituents is 1. The Morgan fingerprint density at radius 3 is 2.42 bits per heavy atom. The molecular formula is C12H16ClNO5. The van der Waals surface area contributed by atoms with Crippen molar-refractivity contribution in [3.8, 4) is 5.75 Å². The molecule has 0 N–H and O–H groups in total. The number of nitrogens with zero attached hydrogens (tertiary/aromatic N) is 1. The zero-order valence-electron chi connectivity index (χ0n) is 10.8. The lowest BCUT2D eigenvalue weighted by Gasteiger charge is -2.17. The van der Waals surface area contributed by atoms with Gasteiger partial charge in [0.05, 0.1) is 9.95 Å². The monoisotopic (exact) mass is 289 g/mol. The molecule has 0 fully saturated rings. The summed E-state index contributed by atoms with van der Waals surface area (Å²) >= 11 is 5.90. The number of hydrogen-bond acceptors (Lipinski definition) is 5. The molecular weight excluding hydrogens is 274 g/mol. The molecule has 0 aromatic heterocycles. The molecule has 1 aromatic carbocycles. The van der Waals surface area contributed by atoms with Crippen LogP contribution in [0.5, 0.6) is 5.75 Å². The normalized spacial score (nSPS) is 10.7. The minimum atomic E-state index is -0.515. The van der Waals surface area contributed by atoms with E-state index in [1.54, 1.807) is 0 Å². The summed E-state index contributed by atoms with van der Waals surface area (Å²) in [5.41, 5.74) is -0.0801. The second-order valence-electron chi connectivity index (χ2n) is 3.52. The van der Waals surface area contributed by atoms with Gasteiger partial charge in [-0.15, -0.1) is 0 Å². The van der Waals surface area contributed by atoms with Crippen LogP contribution in [0.25, 0.3) is 0 Å². The second-order valence-corrected chi connectivity index (χ2v) is 3.93. The Bertz CT molecular complexity index is 421. The standard InChI is InChI=1S/C12H16ClNO5/c1-3-17-12(18-4-2)8-19-11-6-5-9(14(15)16)7-10(11)13/h5-7,12H,3-4,8H2,1-2H3. The molecule has 6 nitrogen and oxygen atoms in total. The van der Waals surface area contributed by atoms with Crippen molar-refractivity contribution in [3.05, 3.63) is 33.3 Å². The highest BCUT2D eigenvalue weighted by atomic mass is 35.5. The van der Waals surface area contributed by atoms with Gasteiger partial charge in [-0.3, -0.25) is 10.1 Å². The number of benzene rings is 1. The third-order valence-electron chi connectivity index (χ3n) is 2.21.